The van der Waals surface area contributed by atoms with E-state index in [4.69, 9.17) is 5.11 Å². The van der Waals surface area contributed by atoms with Crippen LogP contribution in [0.3, 0.4) is 0 Å². The van der Waals surface area contributed by atoms with Crippen LogP contribution in [-0.2, 0) is 9.59 Å². The first-order chi connectivity index (χ1) is 8.00. The molecular weight excluding hydrogens is 244 g/mol. The van der Waals surface area contributed by atoms with Gasteiger partial charge in [0.1, 0.15) is 6.04 Å². The Bertz CT molecular complexity index is 425. The molecule has 6 nitrogen and oxygen atoms in total. The van der Waals surface area contributed by atoms with E-state index in [1.54, 1.807) is 18.2 Å². The average Bonchev–Trinajstić information content (AvgIpc) is 2.25. The Hall–Kier alpha value is -1.76. The SMILES string of the molecule is CC(=O)N[C@@H](CSc1cccc[n+]1[O-])C(=O)O. The van der Waals surface area contributed by atoms with Crippen LogP contribution in [0.15, 0.2) is 29.4 Å². The van der Waals surface area contributed by atoms with Gasteiger partial charge in [0, 0.05) is 24.8 Å². The van der Waals surface area contributed by atoms with Crippen LogP contribution in [0.2, 0.25) is 0 Å². The molecule has 1 amide bonds. The van der Waals surface area contributed by atoms with Gasteiger partial charge in [0.05, 0.1) is 0 Å². The molecule has 7 heteroatoms. The van der Waals surface area contributed by atoms with Gasteiger partial charge in [0.25, 0.3) is 5.03 Å². The van der Waals surface area contributed by atoms with Crippen molar-refractivity contribution in [1.29, 1.82) is 0 Å². The summed E-state index contributed by atoms with van der Waals surface area (Å²) >= 11 is 1.08. The molecule has 0 bridgehead atoms. The van der Waals surface area contributed by atoms with Crippen molar-refractivity contribution < 1.29 is 19.4 Å². The summed E-state index contributed by atoms with van der Waals surface area (Å²) < 4.78 is 0.650. The lowest BCUT2D eigenvalue weighted by molar-refractivity contribution is -0.645. The van der Waals surface area contributed by atoms with Gasteiger partial charge < -0.3 is 15.6 Å². The first-order valence-electron chi connectivity index (χ1n) is 4.81. The molecule has 92 valence electrons. The van der Waals surface area contributed by atoms with E-state index in [0.29, 0.717) is 9.76 Å². The minimum absolute atomic E-state index is 0.0984. The van der Waals surface area contributed by atoms with Crippen molar-refractivity contribution >= 4 is 23.6 Å². The number of carboxylic acids is 1. The highest BCUT2D eigenvalue weighted by atomic mass is 32.2. The van der Waals surface area contributed by atoms with Crippen molar-refractivity contribution in [2.24, 2.45) is 0 Å². The number of aromatic nitrogens is 1. The number of hydrogen-bond acceptors (Lipinski definition) is 4. The predicted octanol–water partition coefficient (Wildman–Crippen LogP) is 0.00140. The van der Waals surface area contributed by atoms with Crippen LogP contribution in [0.4, 0.5) is 0 Å². The second-order valence-electron chi connectivity index (χ2n) is 3.27. The fourth-order valence-corrected chi connectivity index (χ4v) is 2.04. The number of hydrogen-bond donors (Lipinski definition) is 2. The first-order valence-corrected chi connectivity index (χ1v) is 5.80. The summed E-state index contributed by atoms with van der Waals surface area (Å²) in [6.45, 7) is 1.25. The van der Waals surface area contributed by atoms with Crippen LogP contribution >= 0.6 is 11.8 Å². The van der Waals surface area contributed by atoms with Crippen LogP contribution in [0, 0.1) is 5.21 Å². The van der Waals surface area contributed by atoms with Gasteiger partial charge in [-0.05, 0) is 6.07 Å². The monoisotopic (exact) mass is 256 g/mol. The molecule has 0 aliphatic heterocycles. The molecule has 0 aliphatic carbocycles. The predicted molar refractivity (Wildman–Crippen MR) is 61.4 cm³/mol. The molecular formula is C10H12N2O4S. The summed E-state index contributed by atoms with van der Waals surface area (Å²) in [6, 6.07) is 3.85. The van der Waals surface area contributed by atoms with E-state index in [-0.39, 0.29) is 5.75 Å². The number of rotatable bonds is 5. The minimum atomic E-state index is -1.12. The lowest BCUT2D eigenvalue weighted by atomic mass is 10.3. The van der Waals surface area contributed by atoms with Gasteiger partial charge in [0.2, 0.25) is 5.91 Å². The summed E-state index contributed by atoms with van der Waals surface area (Å²) in [5.74, 6) is -1.44. The average molecular weight is 256 g/mol. The van der Waals surface area contributed by atoms with Crippen molar-refractivity contribution in [3.63, 3.8) is 0 Å². The third kappa shape index (κ3) is 4.31. The number of aliphatic carboxylic acids is 1. The summed E-state index contributed by atoms with van der Waals surface area (Å²) in [6.07, 6.45) is 1.33. The molecule has 0 radical (unpaired) electrons. The number of carbonyl (C=O) groups excluding carboxylic acids is 1. The van der Waals surface area contributed by atoms with Gasteiger partial charge in [-0.15, -0.1) is 0 Å². The quantitative estimate of drug-likeness (QED) is 0.439. The summed E-state index contributed by atoms with van der Waals surface area (Å²) in [7, 11) is 0. The zero-order valence-corrected chi connectivity index (χ0v) is 9.94. The Kier molecular flexibility index (Phi) is 4.77. The number of nitrogens with zero attached hydrogens (tertiary/aromatic N) is 1. The van der Waals surface area contributed by atoms with E-state index in [9.17, 15) is 14.8 Å². The molecule has 1 aromatic heterocycles. The zero-order valence-electron chi connectivity index (χ0n) is 9.12. The van der Waals surface area contributed by atoms with Crippen molar-refractivity contribution in [1.82, 2.24) is 5.32 Å². The zero-order chi connectivity index (χ0) is 12.8. The smallest absolute Gasteiger partial charge is 0.327 e. The van der Waals surface area contributed by atoms with Crippen LogP contribution in [0.25, 0.3) is 0 Å². The van der Waals surface area contributed by atoms with Crippen LogP contribution in [0.5, 0.6) is 0 Å². The number of carboxylic acid groups (broad SMARTS) is 1. The molecule has 0 spiro atoms. The summed E-state index contributed by atoms with van der Waals surface area (Å²) in [4.78, 5) is 21.6. The molecule has 0 saturated heterocycles. The van der Waals surface area contributed by atoms with Gasteiger partial charge in [-0.1, -0.05) is 11.8 Å². The number of thioether (sulfide) groups is 1. The second-order valence-corrected chi connectivity index (χ2v) is 4.31. The first kappa shape index (κ1) is 13.3. The number of nitrogens with one attached hydrogen (secondary N) is 1. The van der Waals surface area contributed by atoms with Gasteiger partial charge in [0.15, 0.2) is 6.20 Å². The number of amides is 1. The maximum Gasteiger partial charge on any atom is 0.327 e. The molecule has 0 saturated carbocycles. The highest BCUT2D eigenvalue weighted by Gasteiger charge is 2.20. The highest BCUT2D eigenvalue weighted by Crippen LogP contribution is 2.13. The van der Waals surface area contributed by atoms with E-state index in [2.05, 4.69) is 5.32 Å². The van der Waals surface area contributed by atoms with Crippen molar-refractivity contribution in [3.05, 3.63) is 29.6 Å². The molecule has 17 heavy (non-hydrogen) atoms. The molecule has 1 heterocycles. The fraction of sp³-hybridized carbons (Fsp3) is 0.300. The van der Waals surface area contributed by atoms with E-state index >= 15 is 0 Å². The Morgan fingerprint density at radius 3 is 2.82 bits per heavy atom. The minimum Gasteiger partial charge on any atom is -0.618 e. The number of pyridine rings is 1. The van der Waals surface area contributed by atoms with Crippen LogP contribution in [0.1, 0.15) is 6.92 Å². The van der Waals surface area contributed by atoms with E-state index in [0.717, 1.165) is 11.8 Å². The Morgan fingerprint density at radius 1 is 1.59 bits per heavy atom. The molecule has 1 aromatic rings. The highest BCUT2D eigenvalue weighted by molar-refractivity contribution is 7.99. The fourth-order valence-electron chi connectivity index (χ4n) is 1.11. The van der Waals surface area contributed by atoms with Gasteiger partial charge in [-0.25, -0.2) is 4.79 Å². The lowest BCUT2D eigenvalue weighted by Gasteiger charge is -2.12. The van der Waals surface area contributed by atoms with E-state index in [1.165, 1.54) is 13.1 Å². The Labute approximate surface area is 102 Å². The van der Waals surface area contributed by atoms with Gasteiger partial charge in [-0.2, -0.15) is 4.73 Å². The Balaban J connectivity index is 2.61. The van der Waals surface area contributed by atoms with Crippen molar-refractivity contribution in [3.8, 4) is 0 Å². The van der Waals surface area contributed by atoms with E-state index < -0.39 is 17.9 Å². The number of carbonyl (C=O) groups is 2. The second kappa shape index (κ2) is 6.09. The lowest BCUT2D eigenvalue weighted by Crippen LogP contribution is -2.41. The van der Waals surface area contributed by atoms with Crippen molar-refractivity contribution in [2.45, 2.75) is 18.0 Å². The standard InChI is InChI=1S/C10H12N2O4S/c1-7(13)11-8(10(14)15)6-17-9-4-2-3-5-12(9)16/h2-5,8H,6H2,1H3,(H,11,13)(H,14,15)/t8-/m0/s1. The normalized spacial score (nSPS) is 11.8. The van der Waals surface area contributed by atoms with Gasteiger partial charge >= 0.3 is 5.97 Å². The summed E-state index contributed by atoms with van der Waals surface area (Å²) in [5.41, 5.74) is 0. The molecule has 1 rings (SSSR count). The molecule has 0 unspecified atom stereocenters. The van der Waals surface area contributed by atoms with Crippen LogP contribution in [-0.4, -0.2) is 28.8 Å². The molecule has 0 aliphatic rings. The van der Waals surface area contributed by atoms with Gasteiger partial charge in [-0.3, -0.25) is 4.79 Å². The third-order valence-corrected chi connectivity index (χ3v) is 2.97. The van der Waals surface area contributed by atoms with E-state index in [1.807, 2.05) is 0 Å². The molecule has 0 fully saturated rings. The molecule has 0 aromatic carbocycles. The van der Waals surface area contributed by atoms with Crippen molar-refractivity contribution in [2.75, 3.05) is 5.75 Å². The largest absolute Gasteiger partial charge is 0.618 e. The molecule has 2 N–H and O–H groups in total. The maximum atomic E-state index is 11.3. The topological polar surface area (TPSA) is 93.3 Å². The maximum absolute atomic E-state index is 11.3. The van der Waals surface area contributed by atoms with Crippen LogP contribution < -0.4 is 10.0 Å². The molecule has 1 atom stereocenters. The summed E-state index contributed by atoms with van der Waals surface area (Å²) in [5, 5.41) is 22.8. The third-order valence-electron chi connectivity index (χ3n) is 1.86. The Morgan fingerprint density at radius 2 is 2.29 bits per heavy atom.